The van der Waals surface area contributed by atoms with Crippen molar-refractivity contribution in [2.24, 2.45) is 0 Å². The monoisotopic (exact) mass is 302 g/mol. The second-order valence-electron chi connectivity index (χ2n) is 5.04. The van der Waals surface area contributed by atoms with Crippen LogP contribution >= 0.6 is 0 Å². The van der Waals surface area contributed by atoms with Crippen LogP contribution in [0, 0.1) is 17.1 Å². The lowest BCUT2D eigenvalue weighted by molar-refractivity contribution is 0.254. The molecule has 0 spiro atoms. The Kier molecular flexibility index (Phi) is 5.55. The molecule has 116 valence electrons. The maximum atomic E-state index is 14.0. The summed E-state index contributed by atoms with van der Waals surface area (Å²) in [5, 5.41) is 20.5. The second kappa shape index (κ2) is 7.61. The van der Waals surface area contributed by atoms with Crippen molar-refractivity contribution in [2.45, 2.75) is 39.9 Å². The van der Waals surface area contributed by atoms with E-state index in [0.717, 1.165) is 25.3 Å². The highest BCUT2D eigenvalue weighted by molar-refractivity contribution is 5.32. The third kappa shape index (κ3) is 3.86. The summed E-state index contributed by atoms with van der Waals surface area (Å²) in [5.74, 6) is 0.420. The zero-order valence-corrected chi connectivity index (χ0v) is 12.8. The van der Waals surface area contributed by atoms with Crippen LogP contribution in [0.2, 0.25) is 0 Å². The van der Waals surface area contributed by atoms with Gasteiger partial charge in [0, 0.05) is 18.7 Å². The van der Waals surface area contributed by atoms with Gasteiger partial charge in [-0.1, -0.05) is 19.9 Å². The zero-order valence-electron chi connectivity index (χ0n) is 12.8. The highest BCUT2D eigenvalue weighted by atomic mass is 19.1. The summed E-state index contributed by atoms with van der Waals surface area (Å²) >= 11 is 0. The molecule has 0 atom stereocenters. The SMILES string of the molecule is CCCn1nnnc1CN(CC)Cc1ccc(C#N)cc1F. The van der Waals surface area contributed by atoms with Gasteiger partial charge in [-0.2, -0.15) is 5.26 Å². The maximum Gasteiger partial charge on any atom is 0.165 e. The van der Waals surface area contributed by atoms with E-state index in [0.29, 0.717) is 24.2 Å². The quantitative estimate of drug-likeness (QED) is 0.783. The highest BCUT2D eigenvalue weighted by Crippen LogP contribution is 2.14. The minimum absolute atomic E-state index is 0.330. The van der Waals surface area contributed by atoms with Gasteiger partial charge in [0.25, 0.3) is 0 Å². The Morgan fingerprint density at radius 2 is 2.14 bits per heavy atom. The van der Waals surface area contributed by atoms with Crippen molar-refractivity contribution in [2.75, 3.05) is 6.54 Å². The second-order valence-corrected chi connectivity index (χ2v) is 5.04. The van der Waals surface area contributed by atoms with Crippen molar-refractivity contribution in [3.8, 4) is 6.07 Å². The number of tetrazole rings is 1. The molecule has 0 bridgehead atoms. The van der Waals surface area contributed by atoms with E-state index in [9.17, 15) is 4.39 Å². The Hall–Kier alpha value is -2.33. The molecule has 2 aromatic rings. The number of rotatable bonds is 7. The first kappa shape index (κ1) is 16.0. The molecule has 0 aliphatic carbocycles. The van der Waals surface area contributed by atoms with Crippen molar-refractivity contribution in [3.05, 3.63) is 41.0 Å². The van der Waals surface area contributed by atoms with Crippen LogP contribution in [0.3, 0.4) is 0 Å². The first-order valence-electron chi connectivity index (χ1n) is 7.33. The van der Waals surface area contributed by atoms with E-state index in [4.69, 9.17) is 5.26 Å². The molecule has 0 saturated carbocycles. The van der Waals surface area contributed by atoms with Crippen LogP contribution in [0.5, 0.6) is 0 Å². The molecule has 2 rings (SSSR count). The van der Waals surface area contributed by atoms with Gasteiger partial charge < -0.3 is 0 Å². The minimum Gasteiger partial charge on any atom is -0.292 e. The molecule has 7 heteroatoms. The number of aryl methyl sites for hydroxylation is 1. The molecule has 1 aromatic heterocycles. The molecule has 0 N–H and O–H groups in total. The molecule has 1 aromatic carbocycles. The Labute approximate surface area is 129 Å². The fourth-order valence-corrected chi connectivity index (χ4v) is 2.19. The molecule has 22 heavy (non-hydrogen) atoms. The molecule has 0 radical (unpaired) electrons. The Bertz CT molecular complexity index is 660. The van der Waals surface area contributed by atoms with Gasteiger partial charge in [-0.3, -0.25) is 4.90 Å². The van der Waals surface area contributed by atoms with E-state index in [1.165, 1.54) is 6.07 Å². The zero-order chi connectivity index (χ0) is 15.9. The summed E-state index contributed by atoms with van der Waals surface area (Å²) in [6.45, 7) is 6.60. The molecule has 0 aliphatic heterocycles. The first-order chi connectivity index (χ1) is 10.7. The van der Waals surface area contributed by atoms with Crippen LogP contribution in [0.4, 0.5) is 4.39 Å². The van der Waals surface area contributed by atoms with Crippen LogP contribution in [0.15, 0.2) is 18.2 Å². The van der Waals surface area contributed by atoms with Gasteiger partial charge in [-0.05, 0) is 35.5 Å². The van der Waals surface area contributed by atoms with Gasteiger partial charge in [-0.25, -0.2) is 9.07 Å². The highest BCUT2D eigenvalue weighted by Gasteiger charge is 2.13. The molecule has 0 saturated heterocycles. The largest absolute Gasteiger partial charge is 0.292 e. The molecular formula is C15H19FN6. The number of halogens is 1. The predicted octanol–water partition coefficient (Wildman–Crippen LogP) is 2.12. The fraction of sp³-hybridized carbons (Fsp3) is 0.467. The van der Waals surface area contributed by atoms with E-state index < -0.39 is 0 Å². The molecule has 0 amide bonds. The smallest absolute Gasteiger partial charge is 0.165 e. The Morgan fingerprint density at radius 1 is 1.32 bits per heavy atom. The van der Waals surface area contributed by atoms with Gasteiger partial charge in [0.05, 0.1) is 18.2 Å². The van der Waals surface area contributed by atoms with Gasteiger partial charge in [-0.15, -0.1) is 5.10 Å². The van der Waals surface area contributed by atoms with E-state index in [1.54, 1.807) is 16.8 Å². The molecule has 0 aliphatic rings. The summed E-state index contributed by atoms with van der Waals surface area (Å²) in [5.41, 5.74) is 0.895. The van der Waals surface area contributed by atoms with Crippen molar-refractivity contribution in [1.29, 1.82) is 5.26 Å². The number of hydrogen-bond acceptors (Lipinski definition) is 5. The van der Waals surface area contributed by atoms with Gasteiger partial charge in [0.2, 0.25) is 0 Å². The average Bonchev–Trinajstić information content (AvgIpc) is 2.95. The van der Waals surface area contributed by atoms with E-state index in [1.807, 2.05) is 13.0 Å². The van der Waals surface area contributed by atoms with Crippen molar-refractivity contribution >= 4 is 0 Å². The minimum atomic E-state index is -0.356. The van der Waals surface area contributed by atoms with Crippen LogP contribution in [0.1, 0.15) is 37.2 Å². The van der Waals surface area contributed by atoms with Crippen LogP contribution < -0.4 is 0 Å². The summed E-state index contributed by atoms with van der Waals surface area (Å²) in [7, 11) is 0. The van der Waals surface area contributed by atoms with Crippen molar-refractivity contribution in [1.82, 2.24) is 25.1 Å². The lowest BCUT2D eigenvalue weighted by Crippen LogP contribution is -2.25. The number of nitrogens with zero attached hydrogens (tertiary/aromatic N) is 6. The maximum absolute atomic E-state index is 14.0. The lowest BCUT2D eigenvalue weighted by Gasteiger charge is -2.20. The Balaban J connectivity index is 2.09. The normalized spacial score (nSPS) is 10.9. The van der Waals surface area contributed by atoms with Crippen LogP contribution in [0.25, 0.3) is 0 Å². The molecule has 6 nitrogen and oxygen atoms in total. The standard InChI is InChI=1S/C15H19FN6/c1-3-7-22-15(18-19-20-22)11-21(4-2)10-13-6-5-12(9-17)8-14(13)16/h5-6,8H,3-4,7,10-11H2,1-2H3. The van der Waals surface area contributed by atoms with Crippen molar-refractivity contribution < 1.29 is 4.39 Å². The summed E-state index contributed by atoms with van der Waals surface area (Å²) in [6.07, 6.45) is 0.953. The van der Waals surface area contributed by atoms with Crippen LogP contribution in [-0.2, 0) is 19.6 Å². The van der Waals surface area contributed by atoms with Crippen LogP contribution in [-0.4, -0.2) is 31.7 Å². The van der Waals surface area contributed by atoms with E-state index in [-0.39, 0.29) is 5.82 Å². The Morgan fingerprint density at radius 3 is 2.77 bits per heavy atom. The third-order valence-electron chi connectivity index (χ3n) is 3.43. The number of nitriles is 1. The molecular weight excluding hydrogens is 283 g/mol. The number of hydrogen-bond donors (Lipinski definition) is 0. The van der Waals surface area contributed by atoms with E-state index in [2.05, 4.69) is 27.3 Å². The third-order valence-corrected chi connectivity index (χ3v) is 3.43. The van der Waals surface area contributed by atoms with Gasteiger partial charge in [0.1, 0.15) is 5.82 Å². The number of aromatic nitrogens is 4. The summed E-state index contributed by atoms with van der Waals surface area (Å²) in [4.78, 5) is 2.06. The van der Waals surface area contributed by atoms with Crippen molar-refractivity contribution in [3.63, 3.8) is 0 Å². The van der Waals surface area contributed by atoms with E-state index >= 15 is 0 Å². The molecule has 0 fully saturated rings. The molecule has 1 heterocycles. The fourth-order valence-electron chi connectivity index (χ4n) is 2.19. The summed E-state index contributed by atoms with van der Waals surface area (Å²) in [6, 6.07) is 6.50. The number of benzene rings is 1. The lowest BCUT2D eigenvalue weighted by atomic mass is 10.1. The average molecular weight is 302 g/mol. The van der Waals surface area contributed by atoms with Gasteiger partial charge >= 0.3 is 0 Å². The molecule has 0 unspecified atom stereocenters. The topological polar surface area (TPSA) is 70.6 Å². The predicted molar refractivity (Wildman–Crippen MR) is 79.0 cm³/mol. The van der Waals surface area contributed by atoms with Gasteiger partial charge in [0.15, 0.2) is 5.82 Å². The first-order valence-corrected chi connectivity index (χ1v) is 7.33. The summed E-state index contributed by atoms with van der Waals surface area (Å²) < 4.78 is 15.8.